The maximum Gasteiger partial charge on any atom is 0.331 e. The Bertz CT molecular complexity index is 552. The minimum Gasteiger partial charge on any atom is -0.452 e. The summed E-state index contributed by atoms with van der Waals surface area (Å²) in [5, 5.41) is 2.89. The molecule has 0 fully saturated rings. The van der Waals surface area contributed by atoms with Crippen molar-refractivity contribution in [2.45, 2.75) is 26.8 Å². The molecule has 0 aromatic heterocycles. The molecule has 0 saturated carbocycles. The highest BCUT2D eigenvalue weighted by Gasteiger charge is 2.12. The van der Waals surface area contributed by atoms with Gasteiger partial charge in [-0.3, -0.25) is 4.79 Å². The van der Waals surface area contributed by atoms with E-state index < -0.39 is 11.8 Å². The molecule has 120 valence electrons. The van der Waals surface area contributed by atoms with Crippen molar-refractivity contribution >= 4 is 29.6 Å². The van der Waals surface area contributed by atoms with E-state index in [1.165, 1.54) is 24.3 Å². The van der Waals surface area contributed by atoms with E-state index in [9.17, 15) is 14.0 Å². The Morgan fingerprint density at radius 3 is 2.64 bits per heavy atom. The first-order chi connectivity index (χ1) is 10.3. The number of carbonyl (C=O) groups is 2. The second kappa shape index (κ2) is 8.54. The average Bonchev–Trinajstić information content (AvgIpc) is 2.44. The van der Waals surface area contributed by atoms with Crippen molar-refractivity contribution in [3.8, 4) is 0 Å². The molecule has 4 nitrogen and oxygen atoms in total. The molecule has 0 aliphatic heterocycles. The number of hydrogen-bond donors (Lipinski definition) is 1. The van der Waals surface area contributed by atoms with Gasteiger partial charge in [-0.15, -0.1) is 0 Å². The third-order valence-corrected chi connectivity index (χ3v) is 3.45. The maximum atomic E-state index is 13.5. The lowest BCUT2D eigenvalue weighted by Crippen LogP contribution is -2.38. The summed E-state index contributed by atoms with van der Waals surface area (Å²) in [6.07, 6.45) is 2.25. The molecule has 1 N–H and O–H groups in total. The fourth-order valence-electron chi connectivity index (χ4n) is 1.47. The van der Waals surface area contributed by atoms with Crippen LogP contribution in [0.4, 0.5) is 4.39 Å². The summed E-state index contributed by atoms with van der Waals surface area (Å²) in [5.41, 5.74) is 0.0963. The van der Waals surface area contributed by atoms with Crippen LogP contribution in [0.1, 0.15) is 26.3 Å². The number of hydrogen-bond acceptors (Lipinski definition) is 3. The summed E-state index contributed by atoms with van der Waals surface area (Å²) in [6, 6.07) is 4.20. The van der Waals surface area contributed by atoms with Gasteiger partial charge in [0.15, 0.2) is 6.61 Å². The first-order valence-corrected chi connectivity index (χ1v) is 7.27. The Morgan fingerprint density at radius 1 is 1.36 bits per heavy atom. The van der Waals surface area contributed by atoms with Crippen molar-refractivity contribution in [1.82, 2.24) is 5.32 Å². The Labute approximate surface area is 134 Å². The number of halogens is 2. The van der Waals surface area contributed by atoms with E-state index >= 15 is 0 Å². The lowest BCUT2D eigenvalue weighted by atomic mass is 10.1. The van der Waals surface area contributed by atoms with Gasteiger partial charge in [-0.2, -0.15) is 0 Å². The zero-order chi connectivity index (χ0) is 16.7. The van der Waals surface area contributed by atoms with Crippen molar-refractivity contribution in [3.05, 3.63) is 40.7 Å². The van der Waals surface area contributed by atoms with Crippen molar-refractivity contribution in [2.75, 3.05) is 6.61 Å². The van der Waals surface area contributed by atoms with Gasteiger partial charge in [-0.05, 0) is 31.1 Å². The van der Waals surface area contributed by atoms with Crippen LogP contribution in [-0.4, -0.2) is 24.5 Å². The van der Waals surface area contributed by atoms with Crippen LogP contribution in [-0.2, 0) is 14.3 Å². The molecule has 0 heterocycles. The van der Waals surface area contributed by atoms with Gasteiger partial charge in [-0.25, -0.2) is 9.18 Å². The Kier molecular flexibility index (Phi) is 7.05. The minimum absolute atomic E-state index is 0.0148. The monoisotopic (exact) mass is 327 g/mol. The van der Waals surface area contributed by atoms with Gasteiger partial charge in [0, 0.05) is 17.7 Å². The maximum absolute atomic E-state index is 13.5. The number of ether oxygens (including phenoxy) is 1. The van der Waals surface area contributed by atoms with Gasteiger partial charge in [0.1, 0.15) is 5.82 Å². The molecule has 1 amide bonds. The fraction of sp³-hybridized carbons (Fsp3) is 0.375. The van der Waals surface area contributed by atoms with Crippen molar-refractivity contribution < 1.29 is 18.7 Å². The van der Waals surface area contributed by atoms with Crippen LogP contribution < -0.4 is 5.32 Å². The van der Waals surface area contributed by atoms with Crippen molar-refractivity contribution in [2.24, 2.45) is 5.92 Å². The summed E-state index contributed by atoms with van der Waals surface area (Å²) in [5.74, 6) is -1.39. The SMILES string of the molecule is CC(C)C(C)NC(=O)COC(=O)/C=C/c1c(F)cccc1Cl. The molecule has 6 heteroatoms. The van der Waals surface area contributed by atoms with Crippen LogP contribution in [0.5, 0.6) is 0 Å². The fourth-order valence-corrected chi connectivity index (χ4v) is 1.69. The zero-order valence-electron chi connectivity index (χ0n) is 12.7. The smallest absolute Gasteiger partial charge is 0.331 e. The highest BCUT2D eigenvalue weighted by molar-refractivity contribution is 6.32. The minimum atomic E-state index is -0.744. The van der Waals surface area contributed by atoms with Gasteiger partial charge < -0.3 is 10.1 Å². The molecule has 1 unspecified atom stereocenters. The van der Waals surface area contributed by atoms with Crippen molar-refractivity contribution in [1.29, 1.82) is 0 Å². The molecule has 1 aromatic rings. The van der Waals surface area contributed by atoms with E-state index in [0.717, 1.165) is 6.08 Å². The normalized spacial score (nSPS) is 12.5. The van der Waals surface area contributed by atoms with E-state index in [4.69, 9.17) is 16.3 Å². The number of rotatable bonds is 6. The standard InChI is InChI=1S/C16H19ClFNO3/c1-10(2)11(3)19-15(20)9-22-16(21)8-7-12-13(17)5-4-6-14(12)18/h4-8,10-11H,9H2,1-3H3,(H,19,20)/b8-7+. The molecule has 1 rings (SSSR count). The van der Waals surface area contributed by atoms with E-state index in [2.05, 4.69) is 5.32 Å². The summed E-state index contributed by atoms with van der Waals surface area (Å²) in [4.78, 5) is 23.1. The molecule has 22 heavy (non-hydrogen) atoms. The van der Waals surface area contributed by atoms with E-state index in [1.54, 1.807) is 0 Å². The predicted octanol–water partition coefficient (Wildman–Crippen LogP) is 3.20. The summed E-state index contributed by atoms with van der Waals surface area (Å²) >= 11 is 5.82. The van der Waals surface area contributed by atoms with Crippen LogP contribution in [0.15, 0.2) is 24.3 Å². The quantitative estimate of drug-likeness (QED) is 0.645. The number of esters is 1. The highest BCUT2D eigenvalue weighted by Crippen LogP contribution is 2.20. The molecule has 0 radical (unpaired) electrons. The third-order valence-electron chi connectivity index (χ3n) is 3.12. The van der Waals surface area contributed by atoms with Gasteiger partial charge >= 0.3 is 5.97 Å². The van der Waals surface area contributed by atoms with Gasteiger partial charge in [0.2, 0.25) is 0 Å². The Morgan fingerprint density at radius 2 is 2.05 bits per heavy atom. The van der Waals surface area contributed by atoms with Gasteiger partial charge in [0.05, 0.1) is 5.02 Å². The molecule has 0 bridgehead atoms. The number of amides is 1. The molecule has 1 aromatic carbocycles. The molecule has 0 aliphatic rings. The number of benzene rings is 1. The summed E-state index contributed by atoms with van der Waals surface area (Å²) < 4.78 is 18.3. The molecular formula is C16H19ClFNO3. The van der Waals surface area contributed by atoms with Crippen LogP contribution in [0.2, 0.25) is 5.02 Å². The molecular weight excluding hydrogens is 309 g/mol. The average molecular weight is 328 g/mol. The molecule has 0 saturated heterocycles. The van der Waals surface area contributed by atoms with Crippen molar-refractivity contribution in [3.63, 3.8) is 0 Å². The molecule has 1 atom stereocenters. The number of nitrogens with one attached hydrogen (secondary N) is 1. The van der Waals surface area contributed by atoms with E-state index in [-0.39, 0.29) is 35.1 Å². The first-order valence-electron chi connectivity index (χ1n) is 6.89. The van der Waals surface area contributed by atoms with Gasteiger partial charge in [-0.1, -0.05) is 31.5 Å². The predicted molar refractivity (Wildman–Crippen MR) is 83.8 cm³/mol. The highest BCUT2D eigenvalue weighted by atomic mass is 35.5. The Balaban J connectivity index is 2.50. The van der Waals surface area contributed by atoms with Crippen LogP contribution >= 0.6 is 11.6 Å². The molecule has 0 spiro atoms. The lowest BCUT2D eigenvalue weighted by molar-refractivity contribution is -0.144. The largest absolute Gasteiger partial charge is 0.452 e. The number of carbonyl (C=O) groups excluding carboxylic acids is 2. The molecule has 0 aliphatic carbocycles. The first kappa shape index (κ1) is 18.2. The second-order valence-corrected chi connectivity index (χ2v) is 5.58. The zero-order valence-corrected chi connectivity index (χ0v) is 13.5. The summed E-state index contributed by atoms with van der Waals surface area (Å²) in [6.45, 7) is 5.42. The van der Waals surface area contributed by atoms with E-state index in [0.29, 0.717) is 0 Å². The van der Waals surface area contributed by atoms with Gasteiger partial charge in [0.25, 0.3) is 5.91 Å². The van der Waals surface area contributed by atoms with E-state index in [1.807, 2.05) is 20.8 Å². The third kappa shape index (κ3) is 5.85. The summed E-state index contributed by atoms with van der Waals surface area (Å²) in [7, 11) is 0. The van der Waals surface area contributed by atoms with Crippen LogP contribution in [0.3, 0.4) is 0 Å². The topological polar surface area (TPSA) is 55.4 Å². The second-order valence-electron chi connectivity index (χ2n) is 5.18. The van der Waals surface area contributed by atoms with Crippen LogP contribution in [0.25, 0.3) is 6.08 Å². The Hall–Kier alpha value is -1.88. The lowest BCUT2D eigenvalue weighted by Gasteiger charge is -2.16. The van der Waals surface area contributed by atoms with Crippen LogP contribution in [0, 0.1) is 11.7 Å².